The molecule has 2 rings (SSSR count). The van der Waals surface area contributed by atoms with Gasteiger partial charge in [-0.1, -0.05) is 25.1 Å². The maximum atomic E-state index is 13.8. The number of carbonyl (C=O) groups is 1. The van der Waals surface area contributed by atoms with Crippen LogP contribution >= 0.6 is 22.6 Å². The molecule has 2 aromatic rings. The highest BCUT2D eigenvalue weighted by atomic mass is 127. The molecule has 0 heterocycles. The van der Waals surface area contributed by atoms with E-state index in [1.807, 2.05) is 42.2 Å². The summed E-state index contributed by atoms with van der Waals surface area (Å²) in [5, 5.41) is 2.91. The van der Waals surface area contributed by atoms with Crippen molar-refractivity contribution in [2.45, 2.75) is 13.5 Å². The zero-order valence-corrected chi connectivity index (χ0v) is 15.8. The van der Waals surface area contributed by atoms with E-state index < -0.39 is 5.82 Å². The summed E-state index contributed by atoms with van der Waals surface area (Å²) >= 11 is 2.18. The Balaban J connectivity index is 1.97. The Kier molecular flexibility index (Phi) is 6.99. The zero-order valence-electron chi connectivity index (χ0n) is 13.7. The number of nitrogens with zero attached hydrogens (tertiary/aromatic N) is 1. The lowest BCUT2D eigenvalue weighted by Crippen LogP contribution is -2.33. The molecule has 0 bridgehead atoms. The molecular formula is C18H20FIN2O2. The van der Waals surface area contributed by atoms with E-state index >= 15 is 0 Å². The van der Waals surface area contributed by atoms with Gasteiger partial charge in [-0.05, 0) is 59.0 Å². The van der Waals surface area contributed by atoms with Gasteiger partial charge in [-0.2, -0.15) is 0 Å². The average molecular weight is 442 g/mol. The van der Waals surface area contributed by atoms with Gasteiger partial charge in [0.1, 0.15) is 0 Å². The van der Waals surface area contributed by atoms with Gasteiger partial charge in [0.25, 0.3) is 0 Å². The van der Waals surface area contributed by atoms with E-state index in [9.17, 15) is 9.18 Å². The van der Waals surface area contributed by atoms with E-state index in [0.29, 0.717) is 13.1 Å². The summed E-state index contributed by atoms with van der Waals surface area (Å²) in [7, 11) is 1.44. The zero-order chi connectivity index (χ0) is 17.5. The summed E-state index contributed by atoms with van der Waals surface area (Å²) in [5.41, 5.74) is 1.60. The molecule has 0 unspecified atom stereocenters. The molecule has 24 heavy (non-hydrogen) atoms. The fraction of sp³-hybridized carbons (Fsp3) is 0.278. The smallest absolute Gasteiger partial charge is 0.238 e. The number of halogens is 2. The van der Waals surface area contributed by atoms with Gasteiger partial charge in [0.15, 0.2) is 11.6 Å². The number of anilines is 1. The minimum atomic E-state index is -0.394. The van der Waals surface area contributed by atoms with Crippen LogP contribution in [0.15, 0.2) is 42.5 Å². The molecule has 6 heteroatoms. The third-order valence-corrected chi connectivity index (χ3v) is 4.53. The van der Waals surface area contributed by atoms with Crippen LogP contribution in [-0.4, -0.2) is 31.0 Å². The summed E-state index contributed by atoms with van der Waals surface area (Å²) < 4.78 is 19.7. The van der Waals surface area contributed by atoms with Crippen LogP contribution in [0.2, 0.25) is 0 Å². The molecule has 2 aromatic carbocycles. The van der Waals surface area contributed by atoms with Crippen molar-refractivity contribution in [3.8, 4) is 5.75 Å². The van der Waals surface area contributed by atoms with Crippen molar-refractivity contribution in [2.24, 2.45) is 0 Å². The van der Waals surface area contributed by atoms with Crippen molar-refractivity contribution in [3.05, 3.63) is 57.4 Å². The fourth-order valence-electron chi connectivity index (χ4n) is 2.30. The van der Waals surface area contributed by atoms with Crippen LogP contribution in [0.3, 0.4) is 0 Å². The summed E-state index contributed by atoms with van der Waals surface area (Å²) in [4.78, 5) is 14.2. The van der Waals surface area contributed by atoms with Gasteiger partial charge in [-0.3, -0.25) is 9.69 Å². The predicted molar refractivity (Wildman–Crippen MR) is 102 cm³/mol. The number of hydrogen-bond acceptors (Lipinski definition) is 3. The van der Waals surface area contributed by atoms with Crippen LogP contribution in [0.4, 0.5) is 10.1 Å². The Morgan fingerprint density at radius 1 is 1.29 bits per heavy atom. The van der Waals surface area contributed by atoms with Crippen LogP contribution in [0.1, 0.15) is 12.5 Å². The molecular weight excluding hydrogens is 422 g/mol. The van der Waals surface area contributed by atoms with E-state index in [-0.39, 0.29) is 18.2 Å². The third kappa shape index (κ3) is 5.17. The van der Waals surface area contributed by atoms with Gasteiger partial charge < -0.3 is 10.1 Å². The van der Waals surface area contributed by atoms with Crippen LogP contribution in [0, 0.1) is 9.39 Å². The topological polar surface area (TPSA) is 41.6 Å². The van der Waals surface area contributed by atoms with Gasteiger partial charge in [0.05, 0.1) is 19.3 Å². The lowest BCUT2D eigenvalue weighted by molar-refractivity contribution is -0.117. The highest BCUT2D eigenvalue weighted by molar-refractivity contribution is 14.1. The highest BCUT2D eigenvalue weighted by Gasteiger charge is 2.12. The van der Waals surface area contributed by atoms with Crippen molar-refractivity contribution in [3.63, 3.8) is 0 Å². The van der Waals surface area contributed by atoms with E-state index in [0.717, 1.165) is 14.8 Å². The number of benzene rings is 2. The van der Waals surface area contributed by atoms with E-state index in [2.05, 4.69) is 27.9 Å². The minimum absolute atomic E-state index is 0.0880. The van der Waals surface area contributed by atoms with E-state index in [1.54, 1.807) is 6.07 Å². The molecule has 128 valence electrons. The number of carbonyl (C=O) groups excluding carboxylic acids is 1. The van der Waals surface area contributed by atoms with Crippen LogP contribution in [0.5, 0.6) is 5.75 Å². The summed E-state index contributed by atoms with van der Waals surface area (Å²) in [6, 6.07) is 12.5. The number of para-hydroxylation sites is 1. The second-order valence-electron chi connectivity index (χ2n) is 5.30. The molecule has 0 saturated heterocycles. The maximum Gasteiger partial charge on any atom is 0.238 e. The first-order valence-corrected chi connectivity index (χ1v) is 8.70. The number of hydrogen-bond donors (Lipinski definition) is 1. The lowest BCUT2D eigenvalue weighted by atomic mass is 10.2. The molecule has 0 aliphatic carbocycles. The van der Waals surface area contributed by atoms with Gasteiger partial charge >= 0.3 is 0 Å². The monoisotopic (exact) mass is 442 g/mol. The Morgan fingerprint density at radius 3 is 2.67 bits per heavy atom. The molecule has 0 radical (unpaired) electrons. The first kappa shape index (κ1) is 18.7. The minimum Gasteiger partial charge on any atom is -0.494 e. The second kappa shape index (κ2) is 8.98. The number of amides is 1. The van der Waals surface area contributed by atoms with E-state index in [1.165, 1.54) is 13.2 Å². The van der Waals surface area contributed by atoms with Crippen LogP contribution in [-0.2, 0) is 11.3 Å². The van der Waals surface area contributed by atoms with Crippen molar-refractivity contribution in [1.29, 1.82) is 0 Å². The number of methoxy groups -OCH3 is 1. The summed E-state index contributed by atoms with van der Waals surface area (Å²) in [5.74, 6) is -0.262. The van der Waals surface area contributed by atoms with Crippen molar-refractivity contribution in [2.75, 3.05) is 25.5 Å². The Hall–Kier alpha value is -1.67. The first-order valence-electron chi connectivity index (χ1n) is 7.62. The van der Waals surface area contributed by atoms with E-state index in [4.69, 9.17) is 4.74 Å². The normalized spacial score (nSPS) is 10.7. The summed E-state index contributed by atoms with van der Waals surface area (Å²) in [6.45, 7) is 3.40. The second-order valence-corrected chi connectivity index (χ2v) is 6.46. The molecule has 0 spiro atoms. The molecule has 0 saturated carbocycles. The Labute approximate surface area is 155 Å². The van der Waals surface area contributed by atoms with Gasteiger partial charge in [-0.15, -0.1) is 0 Å². The Bertz CT molecular complexity index is 709. The van der Waals surface area contributed by atoms with Crippen molar-refractivity contribution in [1.82, 2.24) is 4.90 Å². The molecule has 1 amide bonds. The SMILES string of the molecule is CCN(CC(=O)Nc1ccccc1I)Cc1ccc(OC)c(F)c1. The molecule has 1 N–H and O–H groups in total. The first-order chi connectivity index (χ1) is 11.5. The van der Waals surface area contributed by atoms with Crippen LogP contribution < -0.4 is 10.1 Å². The molecule has 0 fully saturated rings. The van der Waals surface area contributed by atoms with Crippen molar-refractivity contribution < 1.29 is 13.9 Å². The predicted octanol–water partition coefficient (Wildman–Crippen LogP) is 3.90. The van der Waals surface area contributed by atoms with Crippen LogP contribution in [0.25, 0.3) is 0 Å². The number of ether oxygens (including phenoxy) is 1. The quantitative estimate of drug-likeness (QED) is 0.662. The third-order valence-electron chi connectivity index (χ3n) is 3.58. The number of nitrogens with one attached hydrogen (secondary N) is 1. The standard InChI is InChI=1S/C18H20FIN2O2/c1-3-22(11-13-8-9-17(24-2)14(19)10-13)12-18(23)21-16-7-5-4-6-15(16)20/h4-10H,3,11-12H2,1-2H3,(H,21,23). The molecule has 0 aliphatic rings. The highest BCUT2D eigenvalue weighted by Crippen LogP contribution is 2.19. The largest absolute Gasteiger partial charge is 0.494 e. The fourth-order valence-corrected chi connectivity index (χ4v) is 2.82. The van der Waals surface area contributed by atoms with Gasteiger partial charge in [-0.25, -0.2) is 4.39 Å². The number of likely N-dealkylation sites (N-methyl/N-ethyl adjacent to an activating group) is 1. The van der Waals surface area contributed by atoms with Gasteiger partial charge in [0.2, 0.25) is 5.91 Å². The summed E-state index contributed by atoms with van der Waals surface area (Å²) in [6.07, 6.45) is 0. The number of rotatable bonds is 7. The average Bonchev–Trinajstić information content (AvgIpc) is 2.56. The molecule has 4 nitrogen and oxygen atoms in total. The van der Waals surface area contributed by atoms with Gasteiger partial charge in [0, 0.05) is 10.1 Å². The Morgan fingerprint density at radius 2 is 2.04 bits per heavy atom. The lowest BCUT2D eigenvalue weighted by Gasteiger charge is -2.20. The maximum absolute atomic E-state index is 13.8. The molecule has 0 aliphatic heterocycles. The molecule has 0 atom stereocenters. The van der Waals surface area contributed by atoms with Crippen molar-refractivity contribution >= 4 is 34.2 Å². The molecule has 0 aromatic heterocycles.